The van der Waals surface area contributed by atoms with E-state index in [1.54, 1.807) is 35.5 Å². The first-order valence-corrected chi connectivity index (χ1v) is 11.2. The first-order chi connectivity index (χ1) is 16.5. The molecule has 4 atom stereocenters. The lowest BCUT2D eigenvalue weighted by atomic mass is 9.83. The number of amides is 2. The molecule has 3 aliphatic heterocycles. The molecule has 0 saturated carbocycles. The summed E-state index contributed by atoms with van der Waals surface area (Å²) in [6.45, 7) is 0. The molecule has 2 amide bonds. The molecule has 3 aromatic carbocycles. The maximum Gasteiger partial charge on any atom is 0.240 e. The van der Waals surface area contributed by atoms with Gasteiger partial charge in [-0.25, -0.2) is 9.29 Å². The fraction of sp³-hybridized carbons (Fsp3) is 0.154. The van der Waals surface area contributed by atoms with Crippen molar-refractivity contribution in [2.75, 3.05) is 4.90 Å². The molecule has 0 N–H and O–H groups in total. The van der Waals surface area contributed by atoms with Crippen LogP contribution in [-0.4, -0.2) is 34.9 Å². The molecular weight excluding hydrogens is 457 g/mol. The number of ketones is 1. The average molecular weight is 474 g/mol. The van der Waals surface area contributed by atoms with Gasteiger partial charge in [-0.15, -0.1) is 0 Å². The molecular formula is C26H17ClFN3O3. The van der Waals surface area contributed by atoms with Gasteiger partial charge in [-0.3, -0.25) is 19.4 Å². The number of carbonyl (C=O) groups excluding carboxylic acids is 3. The number of anilines is 1. The van der Waals surface area contributed by atoms with Gasteiger partial charge < -0.3 is 0 Å². The highest BCUT2D eigenvalue weighted by Gasteiger charge is 2.65. The number of rotatable bonds is 3. The number of hydrogen-bond acceptors (Lipinski definition) is 5. The predicted octanol–water partition coefficient (Wildman–Crippen LogP) is 4.24. The molecule has 0 spiro atoms. The van der Waals surface area contributed by atoms with Crippen LogP contribution in [0.4, 0.5) is 10.1 Å². The van der Waals surface area contributed by atoms with Crippen molar-refractivity contribution in [3.05, 3.63) is 100 Å². The minimum Gasteiger partial charge on any atom is -0.292 e. The van der Waals surface area contributed by atoms with Gasteiger partial charge in [0.15, 0.2) is 5.78 Å². The Morgan fingerprint density at radius 3 is 2.41 bits per heavy atom. The van der Waals surface area contributed by atoms with E-state index < -0.39 is 41.6 Å². The Balaban J connectivity index is 1.50. The van der Waals surface area contributed by atoms with E-state index >= 15 is 0 Å². The highest BCUT2D eigenvalue weighted by Crippen LogP contribution is 2.53. The third-order valence-corrected chi connectivity index (χ3v) is 7.01. The van der Waals surface area contributed by atoms with E-state index in [2.05, 4.69) is 5.10 Å². The Morgan fingerprint density at radius 1 is 0.912 bits per heavy atom. The zero-order chi connectivity index (χ0) is 23.6. The maximum atomic E-state index is 13.9. The van der Waals surface area contributed by atoms with E-state index in [0.717, 1.165) is 22.1 Å². The molecule has 34 heavy (non-hydrogen) atoms. The minimum absolute atomic E-state index is 0.154. The molecule has 8 heteroatoms. The number of hydrogen-bond donors (Lipinski definition) is 0. The molecule has 6 rings (SSSR count). The minimum atomic E-state index is -0.990. The van der Waals surface area contributed by atoms with Crippen LogP contribution in [0.25, 0.3) is 0 Å². The lowest BCUT2D eigenvalue weighted by molar-refractivity contribution is -0.124. The van der Waals surface area contributed by atoms with E-state index in [1.165, 1.54) is 18.2 Å². The van der Waals surface area contributed by atoms with Gasteiger partial charge >= 0.3 is 0 Å². The van der Waals surface area contributed by atoms with E-state index in [0.29, 0.717) is 10.6 Å². The molecule has 0 radical (unpaired) electrons. The fourth-order valence-corrected chi connectivity index (χ4v) is 5.45. The second kappa shape index (κ2) is 7.60. The summed E-state index contributed by atoms with van der Waals surface area (Å²) in [5.74, 6) is -3.68. The van der Waals surface area contributed by atoms with Crippen molar-refractivity contribution >= 4 is 41.1 Å². The maximum absolute atomic E-state index is 13.9. The molecule has 3 heterocycles. The molecule has 0 aliphatic carbocycles. The van der Waals surface area contributed by atoms with Crippen LogP contribution < -0.4 is 4.90 Å². The van der Waals surface area contributed by atoms with Crippen LogP contribution >= 0.6 is 11.6 Å². The molecule has 0 unspecified atom stereocenters. The molecule has 3 aliphatic rings. The molecule has 168 valence electrons. The standard InChI is InChI=1S/C26H17ClFN3O3/c27-16-10-8-14(9-11-16)24(32)23-21-20(22-19-7-2-1-4-15(19)13-29-31(22)23)25(33)30(26(21)34)18-6-3-5-17(28)12-18/h1-13,20-23H/t20-,21-,22-,23+/m1/s1. The van der Waals surface area contributed by atoms with Gasteiger partial charge in [-0.2, -0.15) is 5.10 Å². The number of nitrogens with zero attached hydrogens (tertiary/aromatic N) is 3. The van der Waals surface area contributed by atoms with Crippen molar-refractivity contribution < 1.29 is 18.8 Å². The summed E-state index contributed by atoms with van der Waals surface area (Å²) < 4.78 is 13.9. The van der Waals surface area contributed by atoms with Gasteiger partial charge in [0.2, 0.25) is 11.8 Å². The topological polar surface area (TPSA) is 70.0 Å². The summed E-state index contributed by atoms with van der Waals surface area (Å²) in [5.41, 5.74) is 2.17. The Kier molecular flexibility index (Phi) is 4.64. The SMILES string of the molecule is O=C(c1ccc(Cl)cc1)[C@@H]1[C@@H]2C(=O)N(c3cccc(F)c3)C(=O)[C@H]2[C@H]2c3ccccc3C=NN12. The van der Waals surface area contributed by atoms with Gasteiger partial charge in [0.25, 0.3) is 0 Å². The number of hydrazone groups is 1. The van der Waals surface area contributed by atoms with Gasteiger partial charge in [-0.1, -0.05) is 41.9 Å². The van der Waals surface area contributed by atoms with Gasteiger partial charge in [0, 0.05) is 10.6 Å². The third-order valence-electron chi connectivity index (χ3n) is 6.76. The van der Waals surface area contributed by atoms with Crippen LogP contribution in [0.5, 0.6) is 0 Å². The van der Waals surface area contributed by atoms with Crippen molar-refractivity contribution in [1.29, 1.82) is 0 Å². The first kappa shape index (κ1) is 20.7. The van der Waals surface area contributed by atoms with Crippen molar-refractivity contribution in [3.63, 3.8) is 0 Å². The smallest absolute Gasteiger partial charge is 0.240 e. The summed E-state index contributed by atoms with van der Waals surface area (Å²) in [7, 11) is 0. The Hall–Kier alpha value is -3.84. The largest absolute Gasteiger partial charge is 0.292 e. The number of carbonyl (C=O) groups is 3. The van der Waals surface area contributed by atoms with Crippen molar-refractivity contribution in [2.24, 2.45) is 16.9 Å². The quantitative estimate of drug-likeness (QED) is 0.421. The first-order valence-electron chi connectivity index (χ1n) is 10.8. The summed E-state index contributed by atoms with van der Waals surface area (Å²) in [5, 5.41) is 6.59. The van der Waals surface area contributed by atoms with Gasteiger partial charge in [0.05, 0.1) is 29.8 Å². The van der Waals surface area contributed by atoms with Crippen LogP contribution in [0.2, 0.25) is 5.02 Å². The third kappa shape index (κ3) is 2.93. The van der Waals surface area contributed by atoms with Crippen molar-refractivity contribution in [2.45, 2.75) is 12.1 Å². The molecule has 3 aromatic rings. The molecule has 2 fully saturated rings. The van der Waals surface area contributed by atoms with Crippen molar-refractivity contribution in [3.8, 4) is 0 Å². The molecule has 2 saturated heterocycles. The second-order valence-corrected chi connectivity index (χ2v) is 8.99. The van der Waals surface area contributed by atoms with Crippen LogP contribution in [0.15, 0.2) is 77.9 Å². The Bertz CT molecular complexity index is 1390. The number of benzene rings is 3. The van der Waals surface area contributed by atoms with E-state index in [4.69, 9.17) is 11.6 Å². The van der Waals surface area contributed by atoms with Crippen LogP contribution in [-0.2, 0) is 9.59 Å². The summed E-state index contributed by atoms with van der Waals surface area (Å²) in [4.78, 5) is 42.1. The molecule has 6 nitrogen and oxygen atoms in total. The monoisotopic (exact) mass is 473 g/mol. The number of Topliss-reactive ketones (excluding diaryl/α,β-unsaturated/α-hetero) is 1. The van der Waals surface area contributed by atoms with Crippen LogP contribution in [0.3, 0.4) is 0 Å². The lowest BCUT2D eigenvalue weighted by Gasteiger charge is -2.33. The predicted molar refractivity (Wildman–Crippen MR) is 124 cm³/mol. The lowest BCUT2D eigenvalue weighted by Crippen LogP contribution is -2.44. The Labute approximate surface area is 199 Å². The van der Waals surface area contributed by atoms with E-state index in [1.807, 2.05) is 24.3 Å². The molecule has 0 bridgehead atoms. The molecule has 0 aromatic heterocycles. The second-order valence-electron chi connectivity index (χ2n) is 8.56. The van der Waals surface area contributed by atoms with Crippen molar-refractivity contribution in [1.82, 2.24) is 5.01 Å². The average Bonchev–Trinajstić information content (AvgIpc) is 3.31. The van der Waals surface area contributed by atoms with Gasteiger partial charge in [0.1, 0.15) is 11.9 Å². The van der Waals surface area contributed by atoms with Gasteiger partial charge in [-0.05, 0) is 53.6 Å². The highest BCUT2D eigenvalue weighted by atomic mass is 35.5. The number of halogens is 2. The van der Waals surface area contributed by atoms with Crippen LogP contribution in [0, 0.1) is 17.7 Å². The summed E-state index contributed by atoms with van der Waals surface area (Å²) in [6.07, 6.45) is 1.65. The number of imide groups is 1. The van der Waals surface area contributed by atoms with E-state index in [9.17, 15) is 18.8 Å². The number of fused-ring (bicyclic) bond motifs is 5. The zero-order valence-electron chi connectivity index (χ0n) is 17.6. The van der Waals surface area contributed by atoms with Crippen LogP contribution in [0.1, 0.15) is 27.5 Å². The summed E-state index contributed by atoms with van der Waals surface area (Å²) in [6, 6.07) is 17.7. The summed E-state index contributed by atoms with van der Waals surface area (Å²) >= 11 is 5.99. The van der Waals surface area contributed by atoms with E-state index in [-0.39, 0.29) is 11.5 Å². The highest BCUT2D eigenvalue weighted by molar-refractivity contribution is 6.30. The zero-order valence-corrected chi connectivity index (χ0v) is 18.4. The normalized spacial score (nSPS) is 24.8. The fourth-order valence-electron chi connectivity index (χ4n) is 5.32. The Morgan fingerprint density at radius 2 is 1.65 bits per heavy atom.